The largest absolute Gasteiger partial charge is 0.506 e. The highest BCUT2D eigenvalue weighted by molar-refractivity contribution is 7.97. The maximum Gasteiger partial charge on any atom is 0.416 e. The van der Waals surface area contributed by atoms with E-state index < -0.39 is 17.2 Å². The second-order valence-corrected chi connectivity index (χ2v) is 11.2. The molecule has 2 aliphatic rings. The third-order valence-electron chi connectivity index (χ3n) is 7.32. The summed E-state index contributed by atoms with van der Waals surface area (Å²) in [4.78, 5) is 23.2. The van der Waals surface area contributed by atoms with E-state index in [0.717, 1.165) is 41.1 Å². The van der Waals surface area contributed by atoms with Gasteiger partial charge in [-0.05, 0) is 78.7 Å². The Kier molecular flexibility index (Phi) is 7.42. The number of anilines is 4. The Hall–Kier alpha value is -4.29. The summed E-state index contributed by atoms with van der Waals surface area (Å²) in [6.45, 7) is 1.41. The van der Waals surface area contributed by atoms with Crippen molar-refractivity contribution in [1.29, 1.82) is 0 Å². The molecule has 1 aromatic heterocycles. The quantitative estimate of drug-likeness (QED) is 0.132. The predicted molar refractivity (Wildman–Crippen MR) is 157 cm³/mol. The molecule has 1 saturated carbocycles. The zero-order valence-electron chi connectivity index (χ0n) is 22.3. The predicted octanol–water partition coefficient (Wildman–Crippen LogP) is 6.69. The van der Waals surface area contributed by atoms with Crippen LogP contribution in [0.4, 0.5) is 36.3 Å². The fourth-order valence-electron chi connectivity index (χ4n) is 4.84. The van der Waals surface area contributed by atoms with Crippen LogP contribution in [-0.4, -0.2) is 34.1 Å². The number of phenols is 1. The topological polar surface area (TPSA) is 111 Å². The molecular weight excluding hydrogens is 565 g/mol. The van der Waals surface area contributed by atoms with Crippen LogP contribution in [0.1, 0.15) is 30.4 Å². The van der Waals surface area contributed by atoms with Gasteiger partial charge in [0.15, 0.2) is 0 Å². The molecule has 6 rings (SSSR count). The first-order valence-corrected chi connectivity index (χ1v) is 14.2. The van der Waals surface area contributed by atoms with Gasteiger partial charge in [0.25, 0.3) is 0 Å². The van der Waals surface area contributed by atoms with Gasteiger partial charge in [-0.2, -0.15) is 18.2 Å². The highest BCUT2D eigenvalue weighted by Gasteiger charge is 2.51. The minimum Gasteiger partial charge on any atom is -0.506 e. The van der Waals surface area contributed by atoms with E-state index in [-0.39, 0.29) is 11.7 Å². The Morgan fingerprint density at radius 3 is 2.60 bits per heavy atom. The van der Waals surface area contributed by atoms with Gasteiger partial charge in [-0.3, -0.25) is 9.52 Å². The van der Waals surface area contributed by atoms with Crippen LogP contribution in [-0.2, 0) is 16.4 Å². The number of fused-ring (bicyclic) bond motifs is 4. The number of aromatic nitrogens is 2. The lowest BCUT2D eigenvalue weighted by Crippen LogP contribution is -2.28. The highest BCUT2D eigenvalue weighted by Crippen LogP contribution is 2.50. The summed E-state index contributed by atoms with van der Waals surface area (Å²) in [6.07, 6.45) is -0.974. The monoisotopic (exact) mass is 592 g/mol. The lowest BCUT2D eigenvalue weighted by molar-refractivity contribution is -0.137. The molecule has 1 aliphatic carbocycles. The number of halogens is 3. The Balaban J connectivity index is 1.21. The third kappa shape index (κ3) is 5.86. The number of nitrogens with zero attached hydrogens (tertiary/aromatic N) is 2. The van der Waals surface area contributed by atoms with Gasteiger partial charge in [0.1, 0.15) is 11.6 Å². The number of rotatable bonds is 4. The standard InChI is InChI=1S/C30H27F3N6O2S/c31-30(32,33)20-4-1-3-19(15-20)29(11-12-29)27(41)37-21-7-5-18(6-8-21)23-17-35-28-38-24-16-22(9-10-25(24)40)42-36-14-2-13-34-26(23)39-28/h1,3-10,15-17,36,40H,2,11-14H2,(H,37,41)(H2,34,35,38,39). The van der Waals surface area contributed by atoms with Crippen molar-refractivity contribution >= 4 is 41.0 Å². The number of benzene rings is 3. The normalized spacial score (nSPS) is 16.1. The average molecular weight is 593 g/mol. The molecule has 0 spiro atoms. The van der Waals surface area contributed by atoms with Crippen LogP contribution < -0.4 is 20.7 Å². The number of aromatic hydroxyl groups is 1. The Morgan fingerprint density at radius 1 is 1.02 bits per heavy atom. The van der Waals surface area contributed by atoms with Crippen molar-refractivity contribution in [2.45, 2.75) is 35.7 Å². The van der Waals surface area contributed by atoms with Crippen LogP contribution >= 0.6 is 11.9 Å². The van der Waals surface area contributed by atoms with Crippen molar-refractivity contribution in [1.82, 2.24) is 14.7 Å². The fourth-order valence-corrected chi connectivity index (χ4v) is 5.56. The lowest BCUT2D eigenvalue weighted by atomic mass is 9.93. The number of carbonyl (C=O) groups excluding carboxylic acids is 1. The number of hydrogen-bond acceptors (Lipinski definition) is 8. The van der Waals surface area contributed by atoms with Gasteiger partial charge < -0.3 is 21.1 Å². The van der Waals surface area contributed by atoms with E-state index in [0.29, 0.717) is 48.1 Å². The van der Waals surface area contributed by atoms with Crippen molar-refractivity contribution in [2.24, 2.45) is 0 Å². The lowest BCUT2D eigenvalue weighted by Gasteiger charge is -2.18. The first-order chi connectivity index (χ1) is 20.2. The van der Waals surface area contributed by atoms with E-state index in [2.05, 4.69) is 30.6 Å². The van der Waals surface area contributed by atoms with E-state index in [1.54, 1.807) is 30.5 Å². The number of phenolic OH excluding ortho intramolecular Hbond substituents is 1. The third-order valence-corrected chi connectivity index (χ3v) is 8.16. The molecule has 4 bridgehead atoms. The molecule has 3 aromatic carbocycles. The number of hydrogen-bond donors (Lipinski definition) is 5. The molecule has 0 unspecified atom stereocenters. The molecular formula is C30H27F3N6O2S. The van der Waals surface area contributed by atoms with Crippen LogP contribution in [0, 0.1) is 0 Å². The molecule has 216 valence electrons. The van der Waals surface area contributed by atoms with E-state index in [4.69, 9.17) is 0 Å². The molecule has 1 aliphatic heterocycles. The molecule has 4 aromatic rings. The molecule has 12 heteroatoms. The van der Waals surface area contributed by atoms with Crippen LogP contribution in [0.5, 0.6) is 5.75 Å². The molecule has 42 heavy (non-hydrogen) atoms. The van der Waals surface area contributed by atoms with Crippen molar-refractivity contribution in [3.63, 3.8) is 0 Å². The SMILES string of the molecule is O=C(Nc1ccc(-c2cnc3nc2NCCCNSc2ccc(O)c(c2)N3)cc1)C1(c2cccc(C(F)(F)F)c2)CC1. The first kappa shape index (κ1) is 27.9. The van der Waals surface area contributed by atoms with Gasteiger partial charge in [0, 0.05) is 35.4 Å². The molecule has 8 nitrogen and oxygen atoms in total. The van der Waals surface area contributed by atoms with Gasteiger partial charge >= 0.3 is 6.18 Å². The molecule has 1 fully saturated rings. The van der Waals surface area contributed by atoms with Gasteiger partial charge in [0.05, 0.1) is 16.7 Å². The molecule has 1 amide bonds. The summed E-state index contributed by atoms with van der Waals surface area (Å²) >= 11 is 1.48. The van der Waals surface area contributed by atoms with Crippen molar-refractivity contribution in [2.75, 3.05) is 29.0 Å². The van der Waals surface area contributed by atoms with Gasteiger partial charge in [-0.25, -0.2) is 4.98 Å². The summed E-state index contributed by atoms with van der Waals surface area (Å²) in [6, 6.07) is 17.4. The summed E-state index contributed by atoms with van der Waals surface area (Å²) in [5.41, 5.74) is 1.23. The molecule has 5 N–H and O–H groups in total. The number of carbonyl (C=O) groups is 1. The van der Waals surface area contributed by atoms with E-state index in [1.807, 2.05) is 24.3 Å². The van der Waals surface area contributed by atoms with E-state index in [9.17, 15) is 23.1 Å². The second kappa shape index (κ2) is 11.2. The fraction of sp³-hybridized carbons (Fsp3) is 0.233. The van der Waals surface area contributed by atoms with Crippen LogP contribution in [0.3, 0.4) is 0 Å². The number of amides is 1. The number of alkyl halides is 3. The zero-order chi connectivity index (χ0) is 29.3. The maximum absolute atomic E-state index is 13.2. The molecule has 0 atom stereocenters. The van der Waals surface area contributed by atoms with Crippen molar-refractivity contribution in [3.8, 4) is 16.9 Å². The van der Waals surface area contributed by atoms with Gasteiger partial charge in [-0.1, -0.05) is 30.3 Å². The van der Waals surface area contributed by atoms with Crippen LogP contribution in [0.25, 0.3) is 11.1 Å². The Labute approximate surface area is 244 Å². The van der Waals surface area contributed by atoms with Crippen molar-refractivity contribution in [3.05, 3.63) is 84.1 Å². The molecule has 0 saturated heterocycles. The van der Waals surface area contributed by atoms with Crippen molar-refractivity contribution < 1.29 is 23.1 Å². The highest BCUT2D eigenvalue weighted by atomic mass is 32.2. The minimum absolute atomic E-state index is 0.0788. The Morgan fingerprint density at radius 2 is 1.83 bits per heavy atom. The second-order valence-electron chi connectivity index (χ2n) is 10.2. The smallest absolute Gasteiger partial charge is 0.416 e. The van der Waals surface area contributed by atoms with Gasteiger partial charge in [0.2, 0.25) is 11.9 Å². The van der Waals surface area contributed by atoms with E-state index >= 15 is 0 Å². The summed E-state index contributed by atoms with van der Waals surface area (Å²) in [5.74, 6) is 0.676. The van der Waals surface area contributed by atoms with Crippen LogP contribution in [0.2, 0.25) is 0 Å². The minimum atomic E-state index is -4.47. The number of nitrogens with one attached hydrogen (secondary N) is 4. The zero-order valence-corrected chi connectivity index (χ0v) is 23.1. The first-order valence-electron chi connectivity index (χ1n) is 13.4. The molecule has 0 radical (unpaired) electrons. The van der Waals surface area contributed by atoms with Gasteiger partial charge in [-0.15, -0.1) is 0 Å². The summed E-state index contributed by atoms with van der Waals surface area (Å²) in [5, 5.41) is 19.6. The summed E-state index contributed by atoms with van der Waals surface area (Å²) < 4.78 is 43.0. The van der Waals surface area contributed by atoms with E-state index in [1.165, 1.54) is 18.0 Å². The Bertz CT molecular complexity index is 1630. The van der Waals surface area contributed by atoms with Crippen LogP contribution in [0.15, 0.2) is 77.8 Å². The molecule has 2 heterocycles. The maximum atomic E-state index is 13.2. The average Bonchev–Trinajstić information content (AvgIpc) is 3.79. The summed E-state index contributed by atoms with van der Waals surface area (Å²) in [7, 11) is 0.